The Hall–Kier alpha value is -3.49. The zero-order chi connectivity index (χ0) is 24.9. The van der Waals surface area contributed by atoms with Crippen molar-refractivity contribution in [1.29, 1.82) is 0 Å². The van der Waals surface area contributed by atoms with Gasteiger partial charge in [0.25, 0.3) is 0 Å². The van der Waals surface area contributed by atoms with E-state index >= 15 is 0 Å². The number of halogens is 2. The first-order valence-electron chi connectivity index (χ1n) is 11.8. The summed E-state index contributed by atoms with van der Waals surface area (Å²) in [4.78, 5) is 36.8. The molecule has 0 bridgehead atoms. The molecule has 2 amide bonds. The molecular formula is C26H28F2N2O5. The Morgan fingerprint density at radius 3 is 2.17 bits per heavy atom. The van der Waals surface area contributed by atoms with Gasteiger partial charge >= 0.3 is 12.1 Å². The van der Waals surface area contributed by atoms with Gasteiger partial charge in [0.15, 0.2) is 0 Å². The summed E-state index contributed by atoms with van der Waals surface area (Å²) in [5.74, 6) is -2.87. The first kappa shape index (κ1) is 24.6. The third kappa shape index (κ3) is 5.61. The maximum Gasteiger partial charge on any atom is 0.407 e. The highest BCUT2D eigenvalue weighted by Crippen LogP contribution is 2.44. The summed E-state index contributed by atoms with van der Waals surface area (Å²) in [5, 5.41) is 14.2. The van der Waals surface area contributed by atoms with Crippen molar-refractivity contribution in [3.63, 3.8) is 0 Å². The summed E-state index contributed by atoms with van der Waals surface area (Å²) in [6, 6.07) is 13.3. The Bertz CT molecular complexity index is 1050. The number of benzene rings is 2. The number of ether oxygens (including phenoxy) is 1. The minimum Gasteiger partial charge on any atom is -0.481 e. The van der Waals surface area contributed by atoms with Crippen LogP contribution in [0.15, 0.2) is 48.5 Å². The lowest BCUT2D eigenvalue weighted by Gasteiger charge is -2.30. The Morgan fingerprint density at radius 2 is 1.57 bits per heavy atom. The molecular weight excluding hydrogens is 458 g/mol. The average molecular weight is 487 g/mol. The summed E-state index contributed by atoms with van der Waals surface area (Å²) < 4.78 is 31.7. The normalized spacial score (nSPS) is 20.0. The standard InChI is InChI=1S/C26H28F2N2O5/c27-23(28)13-22(24(31)29-21-12-6-5-11-19(21)25(32)33)30-26(34)35-14-20-17-9-3-1-7-15(17)16-8-2-4-10-18(16)20/h1-4,7-10,19-23H,5-6,11-14H2,(H,29,31)(H,30,34)(H,32,33)/t19-,21+,22?/m0/s1. The van der Waals surface area contributed by atoms with Gasteiger partial charge in [-0.3, -0.25) is 9.59 Å². The van der Waals surface area contributed by atoms with Gasteiger partial charge in [-0.25, -0.2) is 13.6 Å². The molecule has 35 heavy (non-hydrogen) atoms. The average Bonchev–Trinajstić information content (AvgIpc) is 3.16. The van der Waals surface area contributed by atoms with Gasteiger partial charge in [-0.2, -0.15) is 0 Å². The number of rotatable bonds is 8. The Kier molecular flexibility index (Phi) is 7.63. The fourth-order valence-electron chi connectivity index (χ4n) is 5.07. The molecule has 1 saturated carbocycles. The topological polar surface area (TPSA) is 105 Å². The van der Waals surface area contributed by atoms with Crippen LogP contribution in [0.3, 0.4) is 0 Å². The third-order valence-electron chi connectivity index (χ3n) is 6.78. The number of carboxylic acid groups (broad SMARTS) is 1. The van der Waals surface area contributed by atoms with Gasteiger partial charge in [0.05, 0.1) is 5.92 Å². The molecule has 186 valence electrons. The first-order valence-corrected chi connectivity index (χ1v) is 11.8. The molecule has 9 heteroatoms. The van der Waals surface area contributed by atoms with E-state index < -0.39 is 48.8 Å². The van der Waals surface area contributed by atoms with E-state index in [4.69, 9.17) is 4.74 Å². The number of carboxylic acids is 1. The van der Waals surface area contributed by atoms with Crippen LogP contribution in [0.1, 0.15) is 49.1 Å². The molecule has 2 aromatic rings. The van der Waals surface area contributed by atoms with E-state index in [1.807, 2.05) is 48.5 Å². The maximum atomic E-state index is 13.2. The van der Waals surface area contributed by atoms with E-state index in [2.05, 4.69) is 10.6 Å². The van der Waals surface area contributed by atoms with E-state index in [0.29, 0.717) is 12.8 Å². The predicted molar refractivity (Wildman–Crippen MR) is 124 cm³/mol. The number of alkyl carbamates (subject to hydrolysis) is 1. The number of carbonyl (C=O) groups excluding carboxylic acids is 2. The highest BCUT2D eigenvalue weighted by molar-refractivity contribution is 5.86. The molecule has 3 atom stereocenters. The lowest BCUT2D eigenvalue weighted by molar-refractivity contribution is -0.144. The second kappa shape index (κ2) is 10.8. The van der Waals surface area contributed by atoms with Crippen LogP contribution < -0.4 is 10.6 Å². The second-order valence-electron chi connectivity index (χ2n) is 8.99. The lowest BCUT2D eigenvalue weighted by Crippen LogP contribution is -2.53. The van der Waals surface area contributed by atoms with Crippen LogP contribution >= 0.6 is 0 Å². The van der Waals surface area contributed by atoms with Crippen molar-refractivity contribution < 1.29 is 33.0 Å². The van der Waals surface area contributed by atoms with Gasteiger partial charge in [0.1, 0.15) is 12.6 Å². The van der Waals surface area contributed by atoms with Crippen LogP contribution in [0.2, 0.25) is 0 Å². The third-order valence-corrected chi connectivity index (χ3v) is 6.78. The molecule has 7 nitrogen and oxygen atoms in total. The first-order chi connectivity index (χ1) is 16.8. The van der Waals surface area contributed by atoms with E-state index in [9.17, 15) is 28.3 Å². The fraction of sp³-hybridized carbons (Fsp3) is 0.423. The molecule has 2 aromatic carbocycles. The molecule has 0 radical (unpaired) electrons. The van der Waals surface area contributed by atoms with Crippen LogP contribution in [0.25, 0.3) is 11.1 Å². The molecule has 1 unspecified atom stereocenters. The second-order valence-corrected chi connectivity index (χ2v) is 8.99. The molecule has 0 spiro atoms. The number of alkyl halides is 2. The van der Waals surface area contributed by atoms with Crippen LogP contribution in [-0.2, 0) is 14.3 Å². The van der Waals surface area contributed by atoms with E-state index in [-0.39, 0.29) is 12.5 Å². The molecule has 0 saturated heterocycles. The van der Waals surface area contributed by atoms with Gasteiger partial charge in [-0.15, -0.1) is 0 Å². The highest BCUT2D eigenvalue weighted by Gasteiger charge is 2.35. The summed E-state index contributed by atoms with van der Waals surface area (Å²) in [5.41, 5.74) is 4.10. The number of carbonyl (C=O) groups is 3. The number of amides is 2. The Morgan fingerprint density at radius 1 is 0.971 bits per heavy atom. The monoisotopic (exact) mass is 486 g/mol. The Balaban J connectivity index is 1.40. The summed E-state index contributed by atoms with van der Waals surface area (Å²) in [6.07, 6.45) is -2.43. The van der Waals surface area contributed by atoms with Crippen molar-refractivity contribution >= 4 is 18.0 Å². The number of fused-ring (bicyclic) bond motifs is 3. The van der Waals surface area contributed by atoms with E-state index in [1.54, 1.807) is 0 Å². The molecule has 0 aliphatic heterocycles. The van der Waals surface area contributed by atoms with E-state index in [0.717, 1.165) is 35.1 Å². The van der Waals surface area contributed by atoms with Crippen molar-refractivity contribution in [2.24, 2.45) is 5.92 Å². The zero-order valence-corrected chi connectivity index (χ0v) is 19.1. The van der Waals surface area contributed by atoms with Gasteiger partial charge in [0.2, 0.25) is 12.3 Å². The lowest BCUT2D eigenvalue weighted by atomic mass is 9.84. The molecule has 3 N–H and O–H groups in total. The van der Waals surface area contributed by atoms with Crippen LogP contribution in [0.5, 0.6) is 0 Å². The van der Waals surface area contributed by atoms with Gasteiger partial charge in [-0.1, -0.05) is 61.4 Å². The van der Waals surface area contributed by atoms with Gasteiger partial charge in [-0.05, 0) is 35.1 Å². The van der Waals surface area contributed by atoms with Crippen molar-refractivity contribution in [3.8, 4) is 11.1 Å². The number of nitrogens with one attached hydrogen (secondary N) is 2. The van der Waals surface area contributed by atoms with Crippen LogP contribution in [0, 0.1) is 5.92 Å². The molecule has 2 aliphatic rings. The molecule has 1 fully saturated rings. The molecule has 0 aromatic heterocycles. The fourth-order valence-corrected chi connectivity index (χ4v) is 5.07. The zero-order valence-electron chi connectivity index (χ0n) is 19.1. The minimum atomic E-state index is -2.85. The number of hydrogen-bond donors (Lipinski definition) is 3. The van der Waals surface area contributed by atoms with Crippen LogP contribution in [0.4, 0.5) is 13.6 Å². The van der Waals surface area contributed by atoms with E-state index in [1.165, 1.54) is 0 Å². The van der Waals surface area contributed by atoms with Crippen molar-refractivity contribution in [2.45, 2.75) is 56.5 Å². The van der Waals surface area contributed by atoms with Crippen molar-refractivity contribution in [3.05, 3.63) is 59.7 Å². The predicted octanol–water partition coefficient (Wildman–Crippen LogP) is 4.31. The highest BCUT2D eigenvalue weighted by atomic mass is 19.3. The molecule has 4 rings (SSSR count). The summed E-state index contributed by atoms with van der Waals surface area (Å²) in [7, 11) is 0. The molecule has 0 heterocycles. The smallest absolute Gasteiger partial charge is 0.407 e. The summed E-state index contributed by atoms with van der Waals surface area (Å²) >= 11 is 0. The van der Waals surface area contributed by atoms with Crippen molar-refractivity contribution in [2.75, 3.05) is 6.61 Å². The SMILES string of the molecule is O=C(NC(CC(F)F)C(=O)N[C@@H]1CCCC[C@@H]1C(=O)O)OCC1c2ccccc2-c2ccccc21. The minimum absolute atomic E-state index is 0.0212. The quantitative estimate of drug-likeness (QED) is 0.516. The van der Waals surface area contributed by atoms with Gasteiger partial charge < -0.3 is 20.5 Å². The Labute approximate surface area is 201 Å². The summed E-state index contributed by atoms with van der Waals surface area (Å²) in [6.45, 7) is -0.0212. The largest absolute Gasteiger partial charge is 0.481 e. The van der Waals surface area contributed by atoms with Crippen LogP contribution in [-0.4, -0.2) is 48.2 Å². The molecule has 2 aliphatic carbocycles. The van der Waals surface area contributed by atoms with Crippen molar-refractivity contribution in [1.82, 2.24) is 10.6 Å². The maximum absolute atomic E-state index is 13.2. The van der Waals surface area contributed by atoms with Gasteiger partial charge in [0, 0.05) is 18.4 Å². The number of aliphatic carboxylic acids is 1. The number of hydrogen-bond acceptors (Lipinski definition) is 4.